The number of likely N-dealkylation sites (N-methyl/N-ethyl adjacent to an activating group) is 1. The maximum absolute atomic E-state index is 12.1. The van der Waals surface area contributed by atoms with Gasteiger partial charge in [-0.3, -0.25) is 0 Å². The van der Waals surface area contributed by atoms with Crippen molar-refractivity contribution in [3.8, 4) is 0 Å². The number of thiophene rings is 1. The molecule has 0 aromatic carbocycles. The molecular formula is C11H20BrN3O3S2. The van der Waals surface area contributed by atoms with Crippen LogP contribution in [0.15, 0.2) is 14.7 Å². The van der Waals surface area contributed by atoms with Crippen LogP contribution in [0, 0.1) is 0 Å². The standard InChI is InChI=1S/C11H20BrN3O3S2/c1-15(2)4-6-18-5-3-14-20(16,17)10-7-9(8-13)19-11(10)12/h7,14H,3-6,8,13H2,1-2H3. The molecule has 0 aliphatic carbocycles. The van der Waals surface area contributed by atoms with Gasteiger partial charge in [-0.25, -0.2) is 13.1 Å². The molecule has 116 valence electrons. The number of rotatable bonds is 9. The summed E-state index contributed by atoms with van der Waals surface area (Å²) in [6.07, 6.45) is 0. The van der Waals surface area contributed by atoms with Crippen LogP contribution in [0.25, 0.3) is 0 Å². The summed E-state index contributed by atoms with van der Waals surface area (Å²) in [6.45, 7) is 2.30. The normalized spacial score (nSPS) is 12.2. The van der Waals surface area contributed by atoms with E-state index in [0.29, 0.717) is 23.5 Å². The summed E-state index contributed by atoms with van der Waals surface area (Å²) in [6, 6.07) is 1.59. The molecule has 0 aliphatic rings. The molecule has 0 saturated heterocycles. The van der Waals surface area contributed by atoms with Gasteiger partial charge >= 0.3 is 0 Å². The third kappa shape index (κ3) is 5.76. The van der Waals surface area contributed by atoms with E-state index in [1.807, 2.05) is 19.0 Å². The van der Waals surface area contributed by atoms with Crippen molar-refractivity contribution in [1.82, 2.24) is 9.62 Å². The van der Waals surface area contributed by atoms with Gasteiger partial charge in [-0.05, 0) is 36.1 Å². The molecule has 6 nitrogen and oxygen atoms in total. The van der Waals surface area contributed by atoms with Crippen molar-refractivity contribution in [1.29, 1.82) is 0 Å². The maximum Gasteiger partial charge on any atom is 0.242 e. The van der Waals surface area contributed by atoms with E-state index in [2.05, 4.69) is 20.7 Å². The fourth-order valence-electron chi connectivity index (χ4n) is 1.36. The van der Waals surface area contributed by atoms with Gasteiger partial charge in [-0.15, -0.1) is 11.3 Å². The molecule has 9 heteroatoms. The van der Waals surface area contributed by atoms with Crippen molar-refractivity contribution in [2.24, 2.45) is 5.73 Å². The topological polar surface area (TPSA) is 84.7 Å². The van der Waals surface area contributed by atoms with E-state index < -0.39 is 10.0 Å². The summed E-state index contributed by atoms with van der Waals surface area (Å²) in [4.78, 5) is 3.05. The van der Waals surface area contributed by atoms with Crippen LogP contribution < -0.4 is 10.5 Å². The fourth-order valence-corrected chi connectivity index (χ4v) is 4.93. The maximum atomic E-state index is 12.1. The Kier molecular flexibility index (Phi) is 7.59. The lowest BCUT2D eigenvalue weighted by Crippen LogP contribution is -2.28. The number of ether oxygens (including phenoxy) is 1. The minimum atomic E-state index is -3.52. The van der Waals surface area contributed by atoms with E-state index >= 15 is 0 Å². The number of halogens is 1. The highest BCUT2D eigenvalue weighted by Gasteiger charge is 2.20. The lowest BCUT2D eigenvalue weighted by molar-refractivity contribution is 0.122. The quantitative estimate of drug-likeness (QED) is 0.614. The van der Waals surface area contributed by atoms with Crippen molar-refractivity contribution in [3.05, 3.63) is 14.7 Å². The SMILES string of the molecule is CN(C)CCOCCNS(=O)(=O)c1cc(CN)sc1Br. The van der Waals surface area contributed by atoms with E-state index in [0.717, 1.165) is 11.4 Å². The predicted octanol–water partition coefficient (Wildman–Crippen LogP) is 0.826. The molecule has 0 saturated carbocycles. The Bertz CT molecular complexity index is 517. The molecule has 1 heterocycles. The van der Waals surface area contributed by atoms with Crippen LogP contribution in [0.1, 0.15) is 4.88 Å². The van der Waals surface area contributed by atoms with Gasteiger partial charge in [0.15, 0.2) is 0 Å². The minimum Gasteiger partial charge on any atom is -0.379 e. The number of hydrogen-bond acceptors (Lipinski definition) is 6. The summed E-state index contributed by atoms with van der Waals surface area (Å²) in [5.41, 5.74) is 5.51. The molecule has 0 spiro atoms. The second-order valence-electron chi connectivity index (χ2n) is 4.37. The lowest BCUT2D eigenvalue weighted by atomic mass is 10.5. The Morgan fingerprint density at radius 1 is 1.45 bits per heavy atom. The molecule has 0 amide bonds. The zero-order chi connectivity index (χ0) is 15.2. The Morgan fingerprint density at radius 3 is 2.70 bits per heavy atom. The molecule has 0 unspecified atom stereocenters. The molecule has 0 atom stereocenters. The molecule has 0 radical (unpaired) electrons. The Morgan fingerprint density at radius 2 is 2.15 bits per heavy atom. The highest BCUT2D eigenvalue weighted by molar-refractivity contribution is 9.11. The Labute approximate surface area is 132 Å². The Balaban J connectivity index is 2.43. The Hall–Kier alpha value is -0.0300. The summed E-state index contributed by atoms with van der Waals surface area (Å²) >= 11 is 4.58. The second-order valence-corrected chi connectivity index (χ2v) is 8.56. The zero-order valence-corrected chi connectivity index (χ0v) is 14.8. The first kappa shape index (κ1) is 18.0. The molecule has 3 N–H and O–H groups in total. The highest BCUT2D eigenvalue weighted by Crippen LogP contribution is 2.31. The zero-order valence-electron chi connectivity index (χ0n) is 11.6. The number of hydrogen-bond donors (Lipinski definition) is 2. The number of nitrogens with two attached hydrogens (primary N) is 1. The first-order chi connectivity index (χ1) is 9.36. The molecule has 0 fully saturated rings. The smallest absolute Gasteiger partial charge is 0.242 e. The van der Waals surface area contributed by atoms with Gasteiger partial charge in [0.25, 0.3) is 0 Å². The van der Waals surface area contributed by atoms with Gasteiger partial charge in [0, 0.05) is 24.5 Å². The third-order valence-corrected chi connectivity index (χ3v) is 6.15. The summed E-state index contributed by atoms with van der Waals surface area (Å²) in [5.74, 6) is 0. The highest BCUT2D eigenvalue weighted by atomic mass is 79.9. The van der Waals surface area contributed by atoms with Crippen LogP contribution in [-0.4, -0.2) is 53.7 Å². The van der Waals surface area contributed by atoms with E-state index in [4.69, 9.17) is 10.5 Å². The van der Waals surface area contributed by atoms with E-state index in [9.17, 15) is 8.42 Å². The fraction of sp³-hybridized carbons (Fsp3) is 0.636. The van der Waals surface area contributed by atoms with Crippen LogP contribution in [0.2, 0.25) is 0 Å². The predicted molar refractivity (Wildman–Crippen MR) is 84.5 cm³/mol. The summed E-state index contributed by atoms with van der Waals surface area (Å²) < 4.78 is 32.6. The molecule has 0 bridgehead atoms. The van der Waals surface area contributed by atoms with Crippen LogP contribution >= 0.6 is 27.3 Å². The average Bonchev–Trinajstić information content (AvgIpc) is 2.75. The molecule has 20 heavy (non-hydrogen) atoms. The largest absolute Gasteiger partial charge is 0.379 e. The van der Waals surface area contributed by atoms with E-state index in [1.165, 1.54) is 11.3 Å². The van der Waals surface area contributed by atoms with Crippen LogP contribution in [-0.2, 0) is 21.3 Å². The van der Waals surface area contributed by atoms with Gasteiger partial charge < -0.3 is 15.4 Å². The van der Waals surface area contributed by atoms with Crippen molar-refractivity contribution in [2.45, 2.75) is 11.4 Å². The van der Waals surface area contributed by atoms with Crippen LogP contribution in [0.4, 0.5) is 0 Å². The van der Waals surface area contributed by atoms with Gasteiger partial charge in [-0.1, -0.05) is 0 Å². The average molecular weight is 386 g/mol. The molecule has 0 aliphatic heterocycles. The van der Waals surface area contributed by atoms with Crippen molar-refractivity contribution in [2.75, 3.05) is 40.4 Å². The number of nitrogens with zero attached hydrogens (tertiary/aromatic N) is 1. The minimum absolute atomic E-state index is 0.233. The van der Waals surface area contributed by atoms with Crippen molar-refractivity contribution < 1.29 is 13.2 Å². The molecular weight excluding hydrogens is 366 g/mol. The second kappa shape index (κ2) is 8.42. The summed E-state index contributed by atoms with van der Waals surface area (Å²) in [5, 5.41) is 0. The number of sulfonamides is 1. The van der Waals surface area contributed by atoms with Crippen molar-refractivity contribution >= 4 is 37.3 Å². The van der Waals surface area contributed by atoms with Gasteiger partial charge in [0.2, 0.25) is 10.0 Å². The van der Waals surface area contributed by atoms with Gasteiger partial charge in [-0.2, -0.15) is 0 Å². The molecule has 1 aromatic rings. The third-order valence-electron chi connectivity index (χ3n) is 2.42. The van der Waals surface area contributed by atoms with Gasteiger partial charge in [0.1, 0.15) is 4.90 Å². The molecule has 1 aromatic heterocycles. The first-order valence-corrected chi connectivity index (χ1v) is 9.16. The van der Waals surface area contributed by atoms with Gasteiger partial charge in [0.05, 0.1) is 17.0 Å². The van der Waals surface area contributed by atoms with E-state index in [1.54, 1.807) is 6.07 Å². The van der Waals surface area contributed by atoms with E-state index in [-0.39, 0.29) is 11.4 Å². The first-order valence-electron chi connectivity index (χ1n) is 6.07. The summed E-state index contributed by atoms with van der Waals surface area (Å²) in [7, 11) is 0.391. The van der Waals surface area contributed by atoms with Crippen LogP contribution in [0.5, 0.6) is 0 Å². The molecule has 1 rings (SSSR count). The van der Waals surface area contributed by atoms with Crippen LogP contribution in [0.3, 0.4) is 0 Å². The number of nitrogens with one attached hydrogen (secondary N) is 1. The monoisotopic (exact) mass is 385 g/mol. The lowest BCUT2D eigenvalue weighted by Gasteiger charge is -2.10. The van der Waals surface area contributed by atoms with Crippen molar-refractivity contribution in [3.63, 3.8) is 0 Å².